The first-order chi connectivity index (χ1) is 30.4. The molecule has 1 N–H and O–H groups in total. The minimum Gasteiger partial charge on any atom is -0.456 e. The van der Waals surface area contributed by atoms with Crippen molar-refractivity contribution >= 4 is 127 Å². The monoisotopic (exact) mass is 831 g/mol. The van der Waals surface area contributed by atoms with Crippen LogP contribution in [0.1, 0.15) is 58.2 Å². The Kier molecular flexibility index (Phi) is 7.42. The van der Waals surface area contributed by atoms with E-state index in [0.717, 1.165) is 71.9 Å². The third-order valence-electron chi connectivity index (χ3n) is 13.6. The van der Waals surface area contributed by atoms with Crippen LogP contribution in [0.3, 0.4) is 0 Å². The molecule has 0 unspecified atom stereocenters. The van der Waals surface area contributed by atoms with E-state index in [0.29, 0.717) is 0 Å². The number of anilines is 2. The lowest BCUT2D eigenvalue weighted by atomic mass is 9.58. The largest absolute Gasteiger partial charge is 0.456 e. The Labute approximate surface area is 370 Å². The topological polar surface area (TPSA) is 43.2 Å². The van der Waals surface area contributed by atoms with Gasteiger partial charge >= 0.3 is 0 Å². The Balaban J connectivity index is 1.12. The molecule has 8 aromatic carbocycles. The number of furan rings is 2. The highest BCUT2D eigenvalue weighted by Crippen LogP contribution is 2.46. The smallest absolute Gasteiger partial charge is 0.198 e. The van der Waals surface area contributed by atoms with E-state index in [1.807, 2.05) is 23.5 Å². The average molecular weight is 832 g/mol. The van der Waals surface area contributed by atoms with Crippen molar-refractivity contribution in [3.63, 3.8) is 0 Å². The molecule has 0 aliphatic carbocycles. The summed E-state index contributed by atoms with van der Waals surface area (Å²) in [6, 6.07) is 49.3. The second kappa shape index (κ2) is 12.7. The van der Waals surface area contributed by atoms with Gasteiger partial charge in [-0.2, -0.15) is 0 Å². The second-order valence-corrected chi connectivity index (χ2v) is 20.8. The van der Waals surface area contributed by atoms with E-state index in [2.05, 4.69) is 187 Å². The molecule has 0 saturated carbocycles. The Morgan fingerprint density at radius 3 is 1.90 bits per heavy atom. The van der Waals surface area contributed by atoms with E-state index in [4.69, 9.17) is 8.83 Å². The number of rotatable bonds is 3. The summed E-state index contributed by atoms with van der Waals surface area (Å²) in [5, 5.41) is 13.5. The van der Waals surface area contributed by atoms with Gasteiger partial charge in [-0.3, -0.25) is 0 Å². The maximum Gasteiger partial charge on any atom is 0.198 e. The average Bonchev–Trinajstić information content (AvgIpc) is 4.01. The maximum atomic E-state index is 6.58. The zero-order valence-electron chi connectivity index (χ0n) is 36.5. The molecular weight excluding hydrogens is 788 g/mol. The van der Waals surface area contributed by atoms with E-state index in [-0.39, 0.29) is 10.8 Å². The number of nitrogens with zero attached hydrogens (tertiary/aromatic N) is 1. The molecule has 0 atom stereocenters. The lowest BCUT2D eigenvalue weighted by Gasteiger charge is -2.25. The van der Waals surface area contributed by atoms with Crippen LogP contribution in [0.15, 0.2) is 142 Å². The van der Waals surface area contributed by atoms with Gasteiger partial charge in [-0.1, -0.05) is 114 Å². The summed E-state index contributed by atoms with van der Waals surface area (Å²) < 4.78 is 18.2. The molecule has 12 aromatic rings. The van der Waals surface area contributed by atoms with Gasteiger partial charge in [0.25, 0.3) is 0 Å². The van der Waals surface area contributed by atoms with Crippen molar-refractivity contribution in [3.8, 4) is 16.8 Å². The first-order valence-electron chi connectivity index (χ1n) is 22.0. The molecule has 5 heterocycles. The zero-order chi connectivity index (χ0) is 42.7. The fourth-order valence-corrected chi connectivity index (χ4v) is 11.5. The number of thiophene rings is 1. The molecular formula is C57H44BN2O2S. The molecule has 0 bridgehead atoms. The van der Waals surface area contributed by atoms with Gasteiger partial charge < -0.3 is 18.7 Å². The summed E-state index contributed by atoms with van der Waals surface area (Å²) in [4.78, 5) is 0. The van der Waals surface area contributed by atoms with Crippen molar-refractivity contribution in [3.05, 3.63) is 150 Å². The fraction of sp³-hybridized carbons (Fsp3) is 0.158. The molecule has 0 fully saturated rings. The number of aromatic nitrogens is 1. The first-order valence-corrected chi connectivity index (χ1v) is 22.8. The summed E-state index contributed by atoms with van der Waals surface area (Å²) in [6.07, 6.45) is 0. The highest BCUT2D eigenvalue weighted by Gasteiger charge is 2.30. The van der Waals surface area contributed by atoms with Crippen molar-refractivity contribution in [2.45, 2.75) is 59.3 Å². The van der Waals surface area contributed by atoms with E-state index < -0.39 is 0 Å². The van der Waals surface area contributed by atoms with Crippen molar-refractivity contribution in [2.75, 3.05) is 5.32 Å². The van der Waals surface area contributed by atoms with E-state index in [1.54, 1.807) is 0 Å². The van der Waals surface area contributed by atoms with Gasteiger partial charge in [0.2, 0.25) is 0 Å². The van der Waals surface area contributed by atoms with Crippen molar-refractivity contribution < 1.29 is 8.83 Å². The lowest BCUT2D eigenvalue weighted by molar-refractivity contribution is 0.590. The van der Waals surface area contributed by atoms with Gasteiger partial charge in [-0.05, 0) is 106 Å². The number of benzene rings is 8. The minimum absolute atomic E-state index is 0.0608. The molecule has 1 aliphatic heterocycles. The van der Waals surface area contributed by atoms with Crippen molar-refractivity contribution in [1.82, 2.24) is 4.57 Å². The van der Waals surface area contributed by atoms with Crippen LogP contribution in [0.2, 0.25) is 0 Å². The van der Waals surface area contributed by atoms with Crippen LogP contribution < -0.4 is 16.2 Å². The lowest BCUT2D eigenvalue weighted by Crippen LogP contribution is -2.37. The van der Waals surface area contributed by atoms with Gasteiger partial charge in [0.1, 0.15) is 22.3 Å². The Morgan fingerprint density at radius 1 is 0.540 bits per heavy atom. The molecule has 63 heavy (non-hydrogen) atoms. The number of nitrogens with one attached hydrogen (secondary N) is 1. The van der Waals surface area contributed by atoms with Gasteiger partial charge in [0.05, 0.1) is 5.52 Å². The number of para-hydroxylation sites is 2. The zero-order valence-corrected chi connectivity index (χ0v) is 37.3. The molecule has 4 aromatic heterocycles. The molecule has 303 valence electrons. The standard InChI is InChI=1S/C57H44BN2O2S/c1-30-22-41(37-24-40-36-21-18-32(57(5,6)7)23-51(36)63-52(40)28-44(37)59-33-19-16-31(17-20-33)56(2,3)4)54-55-53(30)42-25-38-34-12-8-10-14-47(34)62-50(38)29-45(42)60(55)46-26-39-35-13-9-11-15-48(35)61-49(39)27-43(46)58-54/h8-29,59H,1-7H3. The molecule has 13 rings (SSSR count). The normalized spacial score (nSPS) is 13.1. The van der Waals surface area contributed by atoms with Crippen LogP contribution in [0.4, 0.5) is 11.4 Å². The molecule has 0 amide bonds. The second-order valence-electron chi connectivity index (χ2n) is 19.7. The third kappa shape index (κ3) is 5.40. The first kappa shape index (κ1) is 36.9. The van der Waals surface area contributed by atoms with Gasteiger partial charge in [-0.15, -0.1) is 11.3 Å². The summed E-state index contributed by atoms with van der Waals surface area (Å²) in [7, 11) is 2.41. The van der Waals surface area contributed by atoms with Crippen LogP contribution >= 0.6 is 11.3 Å². The van der Waals surface area contributed by atoms with Crippen LogP contribution in [-0.2, 0) is 10.8 Å². The molecule has 6 heteroatoms. The van der Waals surface area contributed by atoms with Gasteiger partial charge in [-0.25, -0.2) is 0 Å². The van der Waals surface area contributed by atoms with E-state index in [9.17, 15) is 0 Å². The van der Waals surface area contributed by atoms with Crippen LogP contribution in [0, 0.1) is 6.92 Å². The molecule has 1 aliphatic rings. The highest BCUT2D eigenvalue weighted by molar-refractivity contribution is 7.25. The predicted molar refractivity (Wildman–Crippen MR) is 271 cm³/mol. The quantitative estimate of drug-likeness (QED) is 0.180. The number of aryl methyl sites for hydroxylation is 1. The summed E-state index contributed by atoms with van der Waals surface area (Å²) in [6.45, 7) is 16.0. The molecule has 0 saturated heterocycles. The molecule has 0 spiro atoms. The molecule has 1 radical (unpaired) electrons. The van der Waals surface area contributed by atoms with Gasteiger partial charge in [0, 0.05) is 86.7 Å². The number of hydrogen-bond acceptors (Lipinski definition) is 4. The van der Waals surface area contributed by atoms with Crippen LogP contribution in [0.5, 0.6) is 0 Å². The van der Waals surface area contributed by atoms with Crippen LogP contribution in [0.25, 0.3) is 103 Å². The predicted octanol–water partition coefficient (Wildman–Crippen LogP) is 15.2. The van der Waals surface area contributed by atoms with E-state index >= 15 is 0 Å². The minimum atomic E-state index is 0.0608. The maximum absolute atomic E-state index is 6.58. The summed E-state index contributed by atoms with van der Waals surface area (Å²) in [5.74, 6) is 0. The summed E-state index contributed by atoms with van der Waals surface area (Å²) >= 11 is 1.88. The highest BCUT2D eigenvalue weighted by atomic mass is 32.1. The SMILES string of the molecule is Cc1cc(-c2cc3c(cc2Nc2ccc(C(C)(C)C)cc2)sc2cc(C(C)(C)C)ccc23)c2c3c1c1cc4c(cc1n3-c1cc3c(cc1[B]2)oc1ccccc13)oc1ccccc14. The fourth-order valence-electron chi connectivity index (χ4n) is 10.3. The number of fused-ring (bicyclic) bond motifs is 14. The Bertz CT molecular complexity index is 3940. The van der Waals surface area contributed by atoms with Crippen molar-refractivity contribution in [2.24, 2.45) is 0 Å². The van der Waals surface area contributed by atoms with Crippen LogP contribution in [-0.4, -0.2) is 11.8 Å². The van der Waals surface area contributed by atoms with Crippen molar-refractivity contribution in [1.29, 1.82) is 0 Å². The molecule has 4 nitrogen and oxygen atoms in total. The number of hydrogen-bond donors (Lipinski definition) is 1. The van der Waals surface area contributed by atoms with Gasteiger partial charge in [0.15, 0.2) is 7.28 Å². The van der Waals surface area contributed by atoms with E-state index in [1.165, 1.54) is 69.7 Å². The Hall–Kier alpha value is -6.76. The third-order valence-corrected chi connectivity index (χ3v) is 14.7. The summed E-state index contributed by atoms with van der Waals surface area (Å²) in [5.41, 5.74) is 17.9. The Morgan fingerprint density at radius 2 is 1.19 bits per heavy atom.